The van der Waals surface area contributed by atoms with Gasteiger partial charge in [0.1, 0.15) is 0 Å². The Morgan fingerprint density at radius 1 is 1.25 bits per heavy atom. The van der Waals surface area contributed by atoms with Crippen LogP contribution in [0, 0.1) is 12.8 Å². The van der Waals surface area contributed by atoms with Crippen molar-refractivity contribution in [3.63, 3.8) is 0 Å². The van der Waals surface area contributed by atoms with Gasteiger partial charge in [0.15, 0.2) is 5.82 Å². The zero-order chi connectivity index (χ0) is 14.1. The molecule has 0 radical (unpaired) electrons. The summed E-state index contributed by atoms with van der Waals surface area (Å²) < 4.78 is 0. The molecule has 0 bridgehead atoms. The third-order valence-electron chi connectivity index (χ3n) is 3.59. The number of carbonyl (C=O) groups is 1. The molecule has 102 valence electrons. The van der Waals surface area contributed by atoms with Crippen molar-refractivity contribution in [2.75, 3.05) is 5.32 Å². The number of nitrogens with one attached hydrogen (secondary N) is 1. The van der Waals surface area contributed by atoms with Crippen molar-refractivity contribution in [1.82, 2.24) is 10.2 Å². The largest absolute Gasteiger partial charge is 0.481 e. The number of carboxylic acids is 1. The lowest BCUT2D eigenvalue weighted by molar-refractivity contribution is -0.140. The molecule has 2 atom stereocenters. The molecular weight excluding hydrogens is 254 g/mol. The number of fused-ring (bicyclic) bond motifs is 1. The highest BCUT2D eigenvalue weighted by molar-refractivity contribution is 5.93. The van der Waals surface area contributed by atoms with E-state index in [0.29, 0.717) is 12.2 Å². The minimum absolute atomic E-state index is 0.0171. The van der Waals surface area contributed by atoms with Gasteiger partial charge in [-0.05, 0) is 13.3 Å². The molecule has 1 aromatic carbocycles. The van der Waals surface area contributed by atoms with Gasteiger partial charge in [-0.1, -0.05) is 36.4 Å². The van der Waals surface area contributed by atoms with Crippen LogP contribution in [0.3, 0.4) is 0 Å². The van der Waals surface area contributed by atoms with E-state index < -0.39 is 11.9 Å². The summed E-state index contributed by atoms with van der Waals surface area (Å²) in [7, 11) is 0. The van der Waals surface area contributed by atoms with Crippen LogP contribution in [0.15, 0.2) is 36.4 Å². The lowest BCUT2D eigenvalue weighted by Gasteiger charge is -2.14. The van der Waals surface area contributed by atoms with Gasteiger partial charge in [0.25, 0.3) is 0 Å². The summed E-state index contributed by atoms with van der Waals surface area (Å²) in [6.07, 6.45) is 4.15. The van der Waals surface area contributed by atoms with E-state index >= 15 is 0 Å². The predicted octanol–water partition coefficient (Wildman–Crippen LogP) is 2.38. The molecule has 5 heteroatoms. The zero-order valence-corrected chi connectivity index (χ0v) is 11.1. The van der Waals surface area contributed by atoms with Crippen molar-refractivity contribution >= 4 is 22.6 Å². The van der Waals surface area contributed by atoms with Crippen molar-refractivity contribution in [2.45, 2.75) is 19.4 Å². The molecule has 1 aliphatic rings. The van der Waals surface area contributed by atoms with Crippen LogP contribution in [0.4, 0.5) is 5.82 Å². The Hall–Kier alpha value is -2.43. The Morgan fingerprint density at radius 2 is 2.00 bits per heavy atom. The molecule has 0 fully saturated rings. The second-order valence-electron chi connectivity index (χ2n) is 5.00. The molecule has 2 N–H and O–H groups in total. The molecule has 3 rings (SSSR count). The van der Waals surface area contributed by atoms with Crippen LogP contribution in [0.25, 0.3) is 10.8 Å². The normalized spacial score (nSPS) is 21.2. The average molecular weight is 269 g/mol. The summed E-state index contributed by atoms with van der Waals surface area (Å²) in [5, 5.41) is 22.7. The van der Waals surface area contributed by atoms with Gasteiger partial charge in [-0.15, -0.1) is 5.10 Å². The summed E-state index contributed by atoms with van der Waals surface area (Å²) in [5.41, 5.74) is 0.886. The smallest absolute Gasteiger partial charge is 0.310 e. The highest BCUT2D eigenvalue weighted by atomic mass is 16.4. The number of hydrogen-bond donors (Lipinski definition) is 2. The number of rotatable bonds is 3. The minimum Gasteiger partial charge on any atom is -0.481 e. The molecule has 0 aliphatic heterocycles. The van der Waals surface area contributed by atoms with Gasteiger partial charge in [-0.25, -0.2) is 0 Å². The minimum atomic E-state index is -0.787. The van der Waals surface area contributed by atoms with Crippen molar-refractivity contribution in [2.24, 2.45) is 5.92 Å². The highest BCUT2D eigenvalue weighted by Gasteiger charge is 2.24. The molecule has 0 saturated heterocycles. The number of anilines is 1. The maximum Gasteiger partial charge on any atom is 0.310 e. The fraction of sp³-hybridized carbons (Fsp3) is 0.267. The van der Waals surface area contributed by atoms with Crippen molar-refractivity contribution in [3.05, 3.63) is 42.1 Å². The first-order valence-electron chi connectivity index (χ1n) is 6.55. The van der Waals surface area contributed by atoms with Crippen LogP contribution in [0.5, 0.6) is 0 Å². The van der Waals surface area contributed by atoms with Gasteiger partial charge in [-0.2, -0.15) is 5.10 Å². The van der Waals surface area contributed by atoms with Gasteiger partial charge in [0, 0.05) is 16.8 Å². The molecule has 0 saturated carbocycles. The third-order valence-corrected chi connectivity index (χ3v) is 3.59. The summed E-state index contributed by atoms with van der Waals surface area (Å²) in [5.74, 6) is -0.505. The second kappa shape index (κ2) is 4.92. The highest BCUT2D eigenvalue weighted by Crippen LogP contribution is 2.26. The Morgan fingerprint density at radius 3 is 2.70 bits per heavy atom. The topological polar surface area (TPSA) is 75.1 Å². The number of nitrogens with zero attached hydrogens (tertiary/aromatic N) is 2. The first-order valence-corrected chi connectivity index (χ1v) is 6.55. The Bertz CT molecular complexity index is 697. The van der Waals surface area contributed by atoms with Gasteiger partial charge in [-0.3, -0.25) is 4.79 Å². The summed E-state index contributed by atoms with van der Waals surface area (Å²) in [6, 6.07) is 7.91. The molecule has 1 aliphatic carbocycles. The summed E-state index contributed by atoms with van der Waals surface area (Å²) in [6.45, 7) is 1.93. The Balaban J connectivity index is 1.88. The maximum atomic E-state index is 10.9. The Labute approximate surface area is 116 Å². The number of aryl methyl sites for hydroxylation is 1. The molecule has 2 aromatic rings. The zero-order valence-electron chi connectivity index (χ0n) is 11.1. The van der Waals surface area contributed by atoms with Crippen LogP contribution in [0.1, 0.15) is 12.1 Å². The van der Waals surface area contributed by atoms with Gasteiger partial charge < -0.3 is 10.4 Å². The average Bonchev–Trinajstić information content (AvgIpc) is 2.91. The van der Waals surface area contributed by atoms with E-state index in [0.717, 1.165) is 16.5 Å². The molecule has 0 amide bonds. The molecule has 20 heavy (non-hydrogen) atoms. The van der Waals surface area contributed by atoms with Crippen LogP contribution >= 0.6 is 0 Å². The predicted molar refractivity (Wildman–Crippen MR) is 76.6 cm³/mol. The monoisotopic (exact) mass is 269 g/mol. The van der Waals surface area contributed by atoms with Gasteiger partial charge in [0.05, 0.1) is 11.6 Å². The van der Waals surface area contributed by atoms with E-state index in [4.69, 9.17) is 5.11 Å². The van der Waals surface area contributed by atoms with Crippen LogP contribution in [-0.2, 0) is 4.79 Å². The van der Waals surface area contributed by atoms with E-state index in [1.54, 1.807) is 6.08 Å². The molecule has 1 aromatic heterocycles. The molecular formula is C15H15N3O2. The quantitative estimate of drug-likeness (QED) is 0.837. The van der Waals surface area contributed by atoms with Crippen LogP contribution < -0.4 is 5.32 Å². The number of aromatic nitrogens is 2. The third kappa shape index (κ3) is 2.22. The lowest BCUT2D eigenvalue weighted by Crippen LogP contribution is -2.19. The number of benzene rings is 1. The van der Waals surface area contributed by atoms with Crippen LogP contribution in [-0.4, -0.2) is 27.3 Å². The van der Waals surface area contributed by atoms with Crippen LogP contribution in [0.2, 0.25) is 0 Å². The SMILES string of the molecule is Cc1nnc(NC2C=CC(C(=O)O)C2)c2ccccc12. The molecule has 1 heterocycles. The maximum absolute atomic E-state index is 10.9. The Kier molecular flexibility index (Phi) is 3.10. The number of carboxylic acid groups (broad SMARTS) is 1. The number of aliphatic carboxylic acids is 1. The van der Waals surface area contributed by atoms with E-state index in [2.05, 4.69) is 15.5 Å². The van der Waals surface area contributed by atoms with E-state index in [1.807, 2.05) is 37.3 Å². The first-order chi connectivity index (χ1) is 9.65. The standard InChI is InChI=1S/C15H15N3O2/c1-9-12-4-2-3-5-13(12)14(18-17-9)16-11-7-6-10(8-11)15(19)20/h2-7,10-11H,8H2,1H3,(H,16,18)(H,19,20). The van der Waals surface area contributed by atoms with E-state index in [-0.39, 0.29) is 6.04 Å². The summed E-state index contributed by atoms with van der Waals surface area (Å²) >= 11 is 0. The molecule has 0 spiro atoms. The van der Waals surface area contributed by atoms with Crippen molar-refractivity contribution in [3.8, 4) is 0 Å². The van der Waals surface area contributed by atoms with Gasteiger partial charge >= 0.3 is 5.97 Å². The van der Waals surface area contributed by atoms with Gasteiger partial charge in [0.2, 0.25) is 0 Å². The summed E-state index contributed by atoms with van der Waals surface area (Å²) in [4.78, 5) is 10.9. The fourth-order valence-electron chi connectivity index (χ4n) is 2.51. The first kappa shape index (κ1) is 12.6. The van der Waals surface area contributed by atoms with Crippen molar-refractivity contribution < 1.29 is 9.90 Å². The van der Waals surface area contributed by atoms with E-state index in [9.17, 15) is 4.79 Å². The molecule has 2 unspecified atom stereocenters. The van der Waals surface area contributed by atoms with Crippen molar-refractivity contribution in [1.29, 1.82) is 0 Å². The van der Waals surface area contributed by atoms with E-state index in [1.165, 1.54) is 0 Å². The fourth-order valence-corrected chi connectivity index (χ4v) is 2.51. The molecule has 5 nitrogen and oxygen atoms in total. The number of hydrogen-bond acceptors (Lipinski definition) is 4. The lowest BCUT2D eigenvalue weighted by atomic mass is 10.1. The second-order valence-corrected chi connectivity index (χ2v) is 5.00.